The fraction of sp³-hybridized carbons (Fsp3) is 0.529. The first kappa shape index (κ1) is 17.5. The monoisotopic (exact) mass is 366 g/mol. The fourth-order valence-corrected chi connectivity index (χ4v) is 4.15. The lowest BCUT2D eigenvalue weighted by Gasteiger charge is -2.34. The number of anilines is 1. The summed E-state index contributed by atoms with van der Waals surface area (Å²) < 4.78 is 1.14. The highest BCUT2D eigenvalue weighted by Crippen LogP contribution is 2.31. The van der Waals surface area contributed by atoms with Crippen LogP contribution in [0.2, 0.25) is 5.02 Å². The molecule has 1 fully saturated rings. The van der Waals surface area contributed by atoms with Gasteiger partial charge in [-0.1, -0.05) is 29.9 Å². The Labute approximate surface area is 151 Å². The minimum atomic E-state index is 0.157. The number of carbonyl (C=O) groups excluding carboxylic acids is 1. The molecule has 2 aromatic rings. The summed E-state index contributed by atoms with van der Waals surface area (Å²) in [6.07, 6.45) is 1.52. The molecule has 1 amide bonds. The first-order valence-corrected chi connectivity index (χ1v) is 9.65. The number of rotatable bonds is 6. The summed E-state index contributed by atoms with van der Waals surface area (Å²) in [5.74, 6) is 0.157. The van der Waals surface area contributed by atoms with Crippen LogP contribution in [0.15, 0.2) is 18.2 Å². The van der Waals surface area contributed by atoms with Crippen molar-refractivity contribution in [2.45, 2.75) is 19.8 Å². The van der Waals surface area contributed by atoms with Crippen LogP contribution in [-0.4, -0.2) is 55.1 Å². The summed E-state index contributed by atoms with van der Waals surface area (Å²) in [6.45, 7) is 7.61. The third-order valence-electron chi connectivity index (χ3n) is 4.21. The van der Waals surface area contributed by atoms with Crippen LogP contribution in [0.1, 0.15) is 19.8 Å². The summed E-state index contributed by atoms with van der Waals surface area (Å²) in [5.41, 5.74) is 1.01. The maximum absolute atomic E-state index is 11.5. The molecule has 0 bridgehead atoms. The molecule has 1 aromatic carbocycles. The highest BCUT2D eigenvalue weighted by atomic mass is 35.5. The molecule has 1 saturated heterocycles. The Hall–Kier alpha value is -1.37. The predicted molar refractivity (Wildman–Crippen MR) is 101 cm³/mol. The van der Waals surface area contributed by atoms with Crippen LogP contribution < -0.4 is 10.2 Å². The van der Waals surface area contributed by atoms with Gasteiger partial charge in [-0.05, 0) is 24.6 Å². The van der Waals surface area contributed by atoms with Crippen molar-refractivity contribution in [1.82, 2.24) is 15.2 Å². The molecule has 130 valence electrons. The Morgan fingerprint density at radius 3 is 2.88 bits per heavy atom. The van der Waals surface area contributed by atoms with Gasteiger partial charge < -0.3 is 10.2 Å². The lowest BCUT2D eigenvalue weighted by Crippen LogP contribution is -2.48. The smallest absolute Gasteiger partial charge is 0.220 e. The molecule has 1 aromatic heterocycles. The molecule has 24 heavy (non-hydrogen) atoms. The number of halogens is 1. The zero-order valence-corrected chi connectivity index (χ0v) is 15.5. The zero-order valence-electron chi connectivity index (χ0n) is 13.9. The summed E-state index contributed by atoms with van der Waals surface area (Å²) in [5, 5.41) is 4.81. The number of thiazole rings is 1. The number of piperazine rings is 1. The number of fused-ring (bicyclic) bond motifs is 1. The topological polar surface area (TPSA) is 48.5 Å². The van der Waals surface area contributed by atoms with Gasteiger partial charge in [-0.25, -0.2) is 4.98 Å². The van der Waals surface area contributed by atoms with Crippen LogP contribution in [0, 0.1) is 0 Å². The van der Waals surface area contributed by atoms with E-state index < -0.39 is 0 Å². The predicted octanol–water partition coefficient (Wildman–Crippen LogP) is 2.99. The molecule has 0 unspecified atom stereocenters. The SMILES string of the molecule is CCCC(=O)NCCN1CCN(c2nc3ccc(Cl)cc3s2)CC1. The first-order valence-electron chi connectivity index (χ1n) is 8.46. The average molecular weight is 367 g/mol. The molecule has 0 radical (unpaired) electrons. The molecule has 1 N–H and O–H groups in total. The number of hydrogen-bond acceptors (Lipinski definition) is 5. The summed E-state index contributed by atoms with van der Waals surface area (Å²) in [6, 6.07) is 5.85. The molecular formula is C17H23ClN4OS. The van der Waals surface area contributed by atoms with Gasteiger partial charge in [-0.15, -0.1) is 0 Å². The molecule has 5 nitrogen and oxygen atoms in total. The third-order valence-corrected chi connectivity index (χ3v) is 5.52. The second-order valence-electron chi connectivity index (χ2n) is 6.04. The number of amides is 1. The molecule has 0 saturated carbocycles. The van der Waals surface area contributed by atoms with Crippen LogP contribution in [0.4, 0.5) is 5.13 Å². The van der Waals surface area contributed by atoms with E-state index in [4.69, 9.17) is 16.6 Å². The Morgan fingerprint density at radius 1 is 1.33 bits per heavy atom. The van der Waals surface area contributed by atoms with E-state index in [0.29, 0.717) is 6.42 Å². The first-order chi connectivity index (χ1) is 11.7. The van der Waals surface area contributed by atoms with Crippen molar-refractivity contribution in [1.29, 1.82) is 0 Å². The highest BCUT2D eigenvalue weighted by molar-refractivity contribution is 7.22. The minimum absolute atomic E-state index is 0.157. The Kier molecular flexibility index (Phi) is 5.92. The minimum Gasteiger partial charge on any atom is -0.355 e. The summed E-state index contributed by atoms with van der Waals surface area (Å²) >= 11 is 7.75. The molecule has 1 aliphatic heterocycles. The van der Waals surface area contributed by atoms with Crippen molar-refractivity contribution in [2.24, 2.45) is 0 Å². The summed E-state index contributed by atoms with van der Waals surface area (Å²) in [7, 11) is 0. The lowest BCUT2D eigenvalue weighted by molar-refractivity contribution is -0.121. The fourth-order valence-electron chi connectivity index (χ4n) is 2.85. The second kappa shape index (κ2) is 8.14. The maximum Gasteiger partial charge on any atom is 0.220 e. The number of aromatic nitrogens is 1. The van der Waals surface area contributed by atoms with Gasteiger partial charge in [0.15, 0.2) is 5.13 Å². The van der Waals surface area contributed by atoms with E-state index in [2.05, 4.69) is 15.1 Å². The Bertz CT molecular complexity index is 697. The number of hydrogen-bond donors (Lipinski definition) is 1. The van der Waals surface area contributed by atoms with E-state index >= 15 is 0 Å². The molecule has 0 atom stereocenters. The van der Waals surface area contributed by atoms with Crippen molar-refractivity contribution in [3.05, 3.63) is 23.2 Å². The van der Waals surface area contributed by atoms with Crippen LogP contribution in [-0.2, 0) is 4.79 Å². The van der Waals surface area contributed by atoms with Crippen molar-refractivity contribution < 1.29 is 4.79 Å². The molecule has 1 aliphatic rings. The molecular weight excluding hydrogens is 344 g/mol. The number of carbonyl (C=O) groups is 1. The van der Waals surface area contributed by atoms with E-state index in [1.165, 1.54) is 0 Å². The van der Waals surface area contributed by atoms with Crippen LogP contribution >= 0.6 is 22.9 Å². The summed E-state index contributed by atoms with van der Waals surface area (Å²) in [4.78, 5) is 20.9. The van der Waals surface area contributed by atoms with E-state index in [9.17, 15) is 4.79 Å². The molecule has 2 heterocycles. The molecule has 3 rings (SSSR count). The second-order valence-corrected chi connectivity index (χ2v) is 7.48. The lowest BCUT2D eigenvalue weighted by atomic mass is 10.3. The molecule has 0 spiro atoms. The average Bonchev–Trinajstić information content (AvgIpc) is 2.99. The van der Waals surface area contributed by atoms with Gasteiger partial charge in [0.1, 0.15) is 0 Å². The molecule has 7 heteroatoms. The maximum atomic E-state index is 11.5. The van der Waals surface area contributed by atoms with Gasteiger partial charge in [0.2, 0.25) is 5.91 Å². The van der Waals surface area contributed by atoms with Gasteiger partial charge in [0.25, 0.3) is 0 Å². The number of benzene rings is 1. The highest BCUT2D eigenvalue weighted by Gasteiger charge is 2.19. The van der Waals surface area contributed by atoms with E-state index in [1.54, 1.807) is 11.3 Å². The van der Waals surface area contributed by atoms with E-state index in [-0.39, 0.29) is 5.91 Å². The number of nitrogens with one attached hydrogen (secondary N) is 1. The van der Waals surface area contributed by atoms with Gasteiger partial charge in [-0.3, -0.25) is 9.69 Å². The normalized spacial score (nSPS) is 15.8. The van der Waals surface area contributed by atoms with Crippen molar-refractivity contribution in [3.8, 4) is 0 Å². The third kappa shape index (κ3) is 4.37. The zero-order chi connectivity index (χ0) is 16.9. The van der Waals surface area contributed by atoms with Crippen molar-refractivity contribution >= 4 is 44.2 Å². The quantitative estimate of drug-likeness (QED) is 0.853. The van der Waals surface area contributed by atoms with Crippen LogP contribution in [0.25, 0.3) is 10.2 Å². The molecule has 0 aliphatic carbocycles. The Balaban J connectivity index is 1.48. The van der Waals surface area contributed by atoms with Crippen LogP contribution in [0.3, 0.4) is 0 Å². The number of nitrogens with zero attached hydrogens (tertiary/aromatic N) is 3. The van der Waals surface area contributed by atoms with Crippen LogP contribution in [0.5, 0.6) is 0 Å². The van der Waals surface area contributed by atoms with Crippen molar-refractivity contribution in [3.63, 3.8) is 0 Å². The van der Waals surface area contributed by atoms with Crippen molar-refractivity contribution in [2.75, 3.05) is 44.2 Å². The van der Waals surface area contributed by atoms with E-state index in [1.807, 2.05) is 25.1 Å². The van der Waals surface area contributed by atoms with Gasteiger partial charge in [0.05, 0.1) is 10.2 Å². The standard InChI is InChI=1S/C17H23ClN4OS/c1-2-3-16(23)19-6-7-21-8-10-22(11-9-21)17-20-14-5-4-13(18)12-15(14)24-17/h4-5,12H,2-3,6-11H2,1H3,(H,19,23). The van der Waals surface area contributed by atoms with Gasteiger partial charge >= 0.3 is 0 Å². The largest absolute Gasteiger partial charge is 0.355 e. The van der Waals surface area contributed by atoms with E-state index in [0.717, 1.165) is 66.1 Å². The Morgan fingerprint density at radius 2 is 2.12 bits per heavy atom. The van der Waals surface area contributed by atoms with Gasteiger partial charge in [-0.2, -0.15) is 0 Å². The van der Waals surface area contributed by atoms with Gasteiger partial charge in [0, 0.05) is 50.7 Å².